The Kier molecular flexibility index (Phi) is 8.13. The average Bonchev–Trinajstić information content (AvgIpc) is 3.42. The lowest BCUT2D eigenvalue weighted by molar-refractivity contribution is 1.29. The fraction of sp³-hybridized carbons (Fsp3) is 0. The summed E-state index contributed by atoms with van der Waals surface area (Å²) in [6.45, 7) is 0. The molecular weight excluding hydrogens is 831 g/mol. The Morgan fingerprint density at radius 2 is 0.609 bits per heavy atom. The van der Waals surface area contributed by atoms with E-state index in [1.807, 2.05) is 0 Å². The summed E-state index contributed by atoms with van der Waals surface area (Å²) in [7, 11) is 0. The fourth-order valence-electron chi connectivity index (χ4n) is 11.9. The maximum atomic E-state index is 2.46. The van der Waals surface area contributed by atoms with Crippen LogP contribution in [0.1, 0.15) is 0 Å². The lowest BCUT2D eigenvalue weighted by atomic mass is 9.87. The van der Waals surface area contributed by atoms with Crippen molar-refractivity contribution >= 4 is 125 Å². The van der Waals surface area contributed by atoms with Crippen LogP contribution in [0.2, 0.25) is 0 Å². The number of fused-ring (bicyclic) bond motifs is 8. The van der Waals surface area contributed by atoms with Gasteiger partial charge in [-0.25, -0.2) is 0 Å². The maximum Gasteiger partial charge on any atom is 0.0474 e. The van der Waals surface area contributed by atoms with E-state index in [-0.39, 0.29) is 0 Å². The second kappa shape index (κ2) is 14.7. The smallest absolute Gasteiger partial charge is 0.0474 e. The molecule has 0 unspecified atom stereocenters. The predicted octanol–water partition coefficient (Wildman–Crippen LogP) is 19.5. The summed E-state index contributed by atoms with van der Waals surface area (Å²) < 4.78 is 0. The van der Waals surface area contributed by atoms with Crippen molar-refractivity contribution in [2.24, 2.45) is 0 Å². The molecule has 1 nitrogen and oxygen atoms in total. The van der Waals surface area contributed by atoms with E-state index in [0.29, 0.717) is 0 Å². The third kappa shape index (κ3) is 5.78. The Hall–Kier alpha value is -9.04. The van der Waals surface area contributed by atoms with Crippen LogP contribution in [-0.2, 0) is 0 Å². The van der Waals surface area contributed by atoms with Crippen LogP contribution >= 0.6 is 0 Å². The van der Waals surface area contributed by atoms with Crippen LogP contribution in [0.15, 0.2) is 249 Å². The Morgan fingerprint density at radius 3 is 1.26 bits per heavy atom. The first-order valence-electron chi connectivity index (χ1n) is 24.0. The Bertz CT molecular complexity index is 4580. The van der Waals surface area contributed by atoms with Crippen molar-refractivity contribution in [1.29, 1.82) is 0 Å². The maximum absolute atomic E-state index is 2.46. The van der Waals surface area contributed by atoms with Crippen molar-refractivity contribution in [3.05, 3.63) is 249 Å². The fourth-order valence-corrected chi connectivity index (χ4v) is 11.9. The molecule has 69 heavy (non-hydrogen) atoms. The molecule has 0 N–H and O–H groups in total. The summed E-state index contributed by atoms with van der Waals surface area (Å²) in [5, 5.41) is 25.4. The van der Waals surface area contributed by atoms with Gasteiger partial charge in [0.2, 0.25) is 0 Å². The summed E-state index contributed by atoms with van der Waals surface area (Å²) in [6.07, 6.45) is 0. The van der Waals surface area contributed by atoms with Crippen molar-refractivity contribution in [3.8, 4) is 22.3 Å². The van der Waals surface area contributed by atoms with E-state index in [0.717, 1.165) is 17.1 Å². The van der Waals surface area contributed by atoms with Gasteiger partial charge >= 0.3 is 0 Å². The summed E-state index contributed by atoms with van der Waals surface area (Å²) in [5.74, 6) is 0. The summed E-state index contributed by atoms with van der Waals surface area (Å²) in [4.78, 5) is 2.46. The largest absolute Gasteiger partial charge is 0.310 e. The zero-order valence-electron chi connectivity index (χ0n) is 37.6. The average molecular weight is 872 g/mol. The SMILES string of the molecule is c1ccc2c(c1)ccc1cc(-c3ccc(N(c4ccc(-c5cc6ccccc6c6ccccc56)cc4)c4cc5ccc6cccc7c8cccc9ccc%10cccc(c(c4)c5c67)c%10c98)cc3)ccc12. The first kappa shape index (κ1) is 38.1. The second-order valence-electron chi connectivity index (χ2n) is 18.8. The Morgan fingerprint density at radius 1 is 0.188 bits per heavy atom. The van der Waals surface area contributed by atoms with Crippen molar-refractivity contribution < 1.29 is 0 Å². The van der Waals surface area contributed by atoms with Crippen LogP contribution < -0.4 is 4.90 Å². The predicted molar refractivity (Wildman–Crippen MR) is 298 cm³/mol. The third-order valence-electron chi connectivity index (χ3n) is 15.1. The van der Waals surface area contributed by atoms with Crippen molar-refractivity contribution in [1.82, 2.24) is 0 Å². The van der Waals surface area contributed by atoms with E-state index < -0.39 is 0 Å². The summed E-state index contributed by atoms with van der Waals surface area (Å²) >= 11 is 0. The first-order valence-corrected chi connectivity index (χ1v) is 24.0. The second-order valence-corrected chi connectivity index (χ2v) is 18.8. The summed E-state index contributed by atoms with van der Waals surface area (Å²) in [5.41, 5.74) is 8.13. The lowest BCUT2D eigenvalue weighted by Gasteiger charge is -2.27. The van der Waals surface area contributed by atoms with E-state index in [1.54, 1.807) is 0 Å². The molecule has 0 amide bonds. The number of benzene rings is 14. The zero-order valence-corrected chi connectivity index (χ0v) is 37.6. The molecule has 0 saturated carbocycles. The minimum absolute atomic E-state index is 1.10. The van der Waals surface area contributed by atoms with Crippen LogP contribution in [0.5, 0.6) is 0 Å². The molecule has 0 aliphatic carbocycles. The van der Waals surface area contributed by atoms with Crippen molar-refractivity contribution in [3.63, 3.8) is 0 Å². The molecule has 0 fully saturated rings. The molecule has 0 saturated heterocycles. The van der Waals surface area contributed by atoms with E-state index in [1.165, 1.54) is 130 Å². The Labute approximate surface area is 398 Å². The molecule has 0 aromatic heterocycles. The molecule has 0 atom stereocenters. The van der Waals surface area contributed by atoms with Gasteiger partial charge in [0, 0.05) is 17.1 Å². The van der Waals surface area contributed by atoms with E-state index in [4.69, 9.17) is 0 Å². The standard InChI is InChI=1S/C68H41N/c1-3-15-55-43(10-1)22-26-50-38-48(32-37-57(50)55)42-28-33-52(34-29-42)69(53-35-30-44(31-36-53)63-40-49-11-2-4-16-56(49)58-17-5-6-18-59(58)63)54-39-51-27-25-47-13-8-20-61-60-19-7-12-45-23-24-46-14-9-21-62(67(46)65(45)60)64(41-54)68(51)66(47)61/h1-41H. The minimum Gasteiger partial charge on any atom is -0.310 e. The highest BCUT2D eigenvalue weighted by molar-refractivity contribution is 6.37. The molecule has 0 aliphatic rings. The molecule has 0 bridgehead atoms. The quantitative estimate of drug-likeness (QED) is 0.156. The molecule has 1 heteroatoms. The van der Waals surface area contributed by atoms with Gasteiger partial charge < -0.3 is 4.90 Å². The third-order valence-corrected chi connectivity index (χ3v) is 15.1. The molecule has 318 valence electrons. The van der Waals surface area contributed by atoms with E-state index >= 15 is 0 Å². The number of anilines is 3. The normalized spacial score (nSPS) is 12.1. The van der Waals surface area contributed by atoms with Gasteiger partial charge in [0.1, 0.15) is 0 Å². The number of hydrogen-bond acceptors (Lipinski definition) is 1. The highest BCUT2D eigenvalue weighted by Gasteiger charge is 2.20. The first-order chi connectivity index (χ1) is 34.2. The molecule has 15 aromatic rings. The zero-order chi connectivity index (χ0) is 45.2. The van der Waals surface area contributed by atoms with Gasteiger partial charge in [-0.3, -0.25) is 0 Å². The van der Waals surface area contributed by atoms with Gasteiger partial charge in [-0.2, -0.15) is 0 Å². The highest BCUT2D eigenvalue weighted by Crippen LogP contribution is 2.47. The van der Waals surface area contributed by atoms with Crippen LogP contribution in [0, 0.1) is 0 Å². The van der Waals surface area contributed by atoms with Gasteiger partial charge in [-0.15, -0.1) is 0 Å². The van der Waals surface area contributed by atoms with Gasteiger partial charge in [0.15, 0.2) is 0 Å². The minimum atomic E-state index is 1.10. The molecule has 15 rings (SSSR count). The number of nitrogens with zero attached hydrogens (tertiary/aromatic N) is 1. The van der Waals surface area contributed by atoms with E-state index in [9.17, 15) is 0 Å². The molecule has 0 aliphatic heterocycles. The topological polar surface area (TPSA) is 3.24 Å². The van der Waals surface area contributed by atoms with Crippen molar-refractivity contribution in [2.45, 2.75) is 0 Å². The van der Waals surface area contributed by atoms with E-state index in [2.05, 4.69) is 254 Å². The Balaban J connectivity index is 0.963. The van der Waals surface area contributed by atoms with Gasteiger partial charge in [0.25, 0.3) is 0 Å². The van der Waals surface area contributed by atoms with Gasteiger partial charge in [-0.1, -0.05) is 200 Å². The molecular formula is C68H41N. The lowest BCUT2D eigenvalue weighted by Crippen LogP contribution is -2.10. The molecule has 0 heterocycles. The van der Waals surface area contributed by atoms with Crippen LogP contribution in [-0.4, -0.2) is 0 Å². The van der Waals surface area contributed by atoms with Crippen molar-refractivity contribution in [2.75, 3.05) is 4.90 Å². The number of hydrogen-bond donors (Lipinski definition) is 0. The molecule has 0 radical (unpaired) electrons. The number of rotatable bonds is 5. The molecule has 15 aromatic carbocycles. The summed E-state index contributed by atoms with van der Waals surface area (Å²) in [6, 6.07) is 93.0. The van der Waals surface area contributed by atoms with Crippen LogP contribution in [0.25, 0.3) is 130 Å². The van der Waals surface area contributed by atoms with Gasteiger partial charge in [-0.05, 0) is 179 Å². The van der Waals surface area contributed by atoms with Crippen LogP contribution in [0.4, 0.5) is 17.1 Å². The molecule has 0 spiro atoms. The highest BCUT2D eigenvalue weighted by atomic mass is 15.1. The van der Waals surface area contributed by atoms with Crippen LogP contribution in [0.3, 0.4) is 0 Å². The van der Waals surface area contributed by atoms with Gasteiger partial charge in [0.05, 0.1) is 0 Å². The monoisotopic (exact) mass is 871 g/mol.